The molecule has 0 amide bonds. The normalized spacial score (nSPS) is 35.9. The Hall–Kier alpha value is 0.210. The van der Waals surface area contributed by atoms with Crippen molar-refractivity contribution < 1.29 is 71.9 Å². The predicted molar refractivity (Wildman–Crippen MR) is 68.8 cm³/mol. The summed E-state index contributed by atoms with van der Waals surface area (Å²) in [5, 5.41) is 29.3. The molecule has 1 fully saturated rings. The van der Waals surface area contributed by atoms with Crippen molar-refractivity contribution in [1.29, 1.82) is 0 Å². The van der Waals surface area contributed by atoms with E-state index in [1.807, 2.05) is 0 Å². The van der Waals surface area contributed by atoms with Crippen LogP contribution in [-0.4, -0.2) is 81.3 Å². The van der Waals surface area contributed by atoms with Gasteiger partial charge < -0.3 is 44.7 Å². The second-order valence-corrected chi connectivity index (χ2v) is 8.23. The van der Waals surface area contributed by atoms with Crippen molar-refractivity contribution in [2.45, 2.75) is 36.6 Å². The Morgan fingerprint density at radius 3 is 1.08 bits per heavy atom. The van der Waals surface area contributed by atoms with Crippen molar-refractivity contribution in [3.8, 4) is 0 Å². The van der Waals surface area contributed by atoms with Gasteiger partial charge >= 0.3 is 23.5 Å². The topological polar surface area (TPSA) is 261 Å². The first-order valence-electron chi connectivity index (χ1n) is 5.78. The molecule has 1 aliphatic rings. The maximum atomic E-state index is 10.9. The molecule has 0 unspecified atom stereocenters. The third-order valence-corrected chi connectivity index (χ3v) is 4.35. The van der Waals surface area contributed by atoms with E-state index in [1.54, 1.807) is 0 Å². The van der Waals surface area contributed by atoms with Crippen molar-refractivity contribution in [1.82, 2.24) is 0 Å². The van der Waals surface area contributed by atoms with Gasteiger partial charge in [0.05, 0.1) is 0 Å². The van der Waals surface area contributed by atoms with Crippen LogP contribution in [0.3, 0.4) is 0 Å². The number of rotatable bonds is 6. The monoisotopic (exact) mass is 420 g/mol. The zero-order chi connectivity index (χ0) is 19.1. The highest BCUT2D eigenvalue weighted by Gasteiger charge is 2.56. The minimum atomic E-state index is -5.43. The van der Waals surface area contributed by atoms with Crippen LogP contribution in [0, 0.1) is 0 Å². The molecule has 15 nitrogen and oxygen atoms in total. The Bertz CT molecular complexity index is 574. The molecule has 0 saturated heterocycles. The van der Waals surface area contributed by atoms with Crippen LogP contribution in [-0.2, 0) is 27.3 Å². The molecule has 144 valence electrons. The summed E-state index contributed by atoms with van der Waals surface area (Å²) in [4.78, 5) is 52.4. The third-order valence-electron chi connectivity index (χ3n) is 2.80. The van der Waals surface area contributed by atoms with Crippen molar-refractivity contribution in [3.05, 3.63) is 0 Å². The fourth-order valence-corrected chi connectivity index (χ4v) is 3.70. The van der Waals surface area contributed by atoms with E-state index in [0.717, 1.165) is 0 Å². The molecule has 9 N–H and O–H groups in total. The summed E-state index contributed by atoms with van der Waals surface area (Å²) in [7, 11) is -16.2. The highest BCUT2D eigenvalue weighted by atomic mass is 31.2. The lowest BCUT2D eigenvalue weighted by Crippen LogP contribution is -2.65. The smallest absolute Gasteiger partial charge is 0.387 e. The third kappa shape index (κ3) is 6.50. The van der Waals surface area contributed by atoms with E-state index in [4.69, 9.17) is 29.4 Å². The Kier molecular flexibility index (Phi) is 6.90. The molecule has 0 heterocycles. The Balaban J connectivity index is 3.23. The lowest BCUT2D eigenvalue weighted by molar-refractivity contribution is -0.212. The van der Waals surface area contributed by atoms with Gasteiger partial charge in [-0.1, -0.05) is 0 Å². The van der Waals surface area contributed by atoms with Crippen LogP contribution in [0.1, 0.15) is 0 Å². The van der Waals surface area contributed by atoms with Crippen LogP contribution >= 0.6 is 23.5 Å². The van der Waals surface area contributed by atoms with E-state index in [0.29, 0.717) is 0 Å². The molecule has 0 bridgehead atoms. The summed E-state index contributed by atoms with van der Waals surface area (Å²) in [6, 6.07) is 0. The summed E-state index contributed by atoms with van der Waals surface area (Å²) >= 11 is 0. The van der Waals surface area contributed by atoms with Gasteiger partial charge in [-0.3, -0.25) is 13.6 Å². The molecule has 6 atom stereocenters. The Morgan fingerprint density at radius 2 is 0.750 bits per heavy atom. The summed E-state index contributed by atoms with van der Waals surface area (Å²) in [5.41, 5.74) is 0. The first kappa shape index (κ1) is 22.3. The maximum Gasteiger partial charge on any atom is 0.470 e. The van der Waals surface area contributed by atoms with Crippen LogP contribution in [0.2, 0.25) is 0 Å². The van der Waals surface area contributed by atoms with Gasteiger partial charge in [0.1, 0.15) is 36.6 Å². The molecule has 0 aliphatic heterocycles. The first-order chi connectivity index (χ1) is 10.5. The van der Waals surface area contributed by atoms with Gasteiger partial charge in [0, 0.05) is 0 Å². The minimum absolute atomic E-state index is 2.32. The zero-order valence-electron chi connectivity index (χ0n) is 11.3. The van der Waals surface area contributed by atoms with Crippen LogP contribution < -0.4 is 0 Å². The number of phosphoric ester groups is 3. The molecule has 18 heteroatoms. The fraction of sp³-hybridized carbons (Fsp3) is 1.00. The number of hydrogen-bond acceptors (Lipinski definition) is 9. The molecule has 0 aromatic rings. The highest BCUT2D eigenvalue weighted by molar-refractivity contribution is 7.46. The molecule has 0 spiro atoms. The van der Waals surface area contributed by atoms with Crippen LogP contribution in [0.25, 0.3) is 0 Å². The van der Waals surface area contributed by atoms with Crippen molar-refractivity contribution in [2.24, 2.45) is 0 Å². The van der Waals surface area contributed by atoms with Crippen molar-refractivity contribution in [2.75, 3.05) is 0 Å². The largest absolute Gasteiger partial charge is 0.470 e. The predicted octanol–water partition coefficient (Wildman–Crippen LogP) is -3.48. The molecule has 0 aromatic heterocycles. The molecule has 24 heavy (non-hydrogen) atoms. The van der Waals surface area contributed by atoms with Crippen LogP contribution in [0.15, 0.2) is 0 Å². The maximum absolute atomic E-state index is 10.9. The lowest BCUT2D eigenvalue weighted by Gasteiger charge is -2.44. The highest BCUT2D eigenvalue weighted by Crippen LogP contribution is 2.49. The Morgan fingerprint density at radius 1 is 0.500 bits per heavy atom. The van der Waals surface area contributed by atoms with Gasteiger partial charge in [0.15, 0.2) is 0 Å². The first-order valence-corrected chi connectivity index (χ1v) is 10.4. The van der Waals surface area contributed by atoms with Gasteiger partial charge in [-0.05, 0) is 0 Å². The minimum Gasteiger partial charge on any atom is -0.387 e. The summed E-state index contributed by atoms with van der Waals surface area (Å²) in [5.74, 6) is 0. The second kappa shape index (κ2) is 7.45. The van der Waals surface area contributed by atoms with Crippen molar-refractivity contribution in [3.63, 3.8) is 0 Å². The number of phosphoric acid groups is 3. The number of aliphatic hydroxyl groups excluding tert-OH is 3. The molecule has 1 saturated carbocycles. The van der Waals surface area contributed by atoms with Gasteiger partial charge in [-0.25, -0.2) is 13.7 Å². The van der Waals surface area contributed by atoms with Crippen LogP contribution in [0.4, 0.5) is 0 Å². The van der Waals surface area contributed by atoms with E-state index in [-0.39, 0.29) is 0 Å². The van der Waals surface area contributed by atoms with E-state index in [2.05, 4.69) is 13.6 Å². The number of hydrogen-bond donors (Lipinski definition) is 9. The summed E-state index contributed by atoms with van der Waals surface area (Å²) in [6.07, 6.45) is -14.3. The van der Waals surface area contributed by atoms with Gasteiger partial charge in [0.2, 0.25) is 0 Å². The average Bonchev–Trinajstić information content (AvgIpc) is 2.32. The summed E-state index contributed by atoms with van der Waals surface area (Å²) < 4.78 is 44.7. The standard InChI is InChI=1S/C6H15O15P3/c7-1-2(8)5(20-23(13,14)15)6(21-24(16,17)18)3(9)4(1)19-22(10,11)12/h1-9H,(H2,10,11,12)(H2,13,14,15)(H2,16,17,18)/t1-,2-,3-,4+,5+,6-/m1/s1. The summed E-state index contributed by atoms with van der Waals surface area (Å²) in [6.45, 7) is 0. The SMILES string of the molecule is O=P(O)(O)O[C@H]1[C@H](O)[C@@H](O)[C@H](OP(=O)(O)O)[C@H](OP(=O)(O)O)[C@@H]1O. The molecule has 1 rings (SSSR count). The second-order valence-electron chi connectivity index (χ2n) is 4.65. The van der Waals surface area contributed by atoms with E-state index < -0.39 is 60.1 Å². The van der Waals surface area contributed by atoms with Gasteiger partial charge in [-0.2, -0.15) is 0 Å². The molecular weight excluding hydrogens is 405 g/mol. The lowest BCUT2D eigenvalue weighted by atomic mass is 9.85. The van der Waals surface area contributed by atoms with E-state index >= 15 is 0 Å². The molecule has 0 aromatic carbocycles. The van der Waals surface area contributed by atoms with Gasteiger partial charge in [0.25, 0.3) is 0 Å². The fourth-order valence-electron chi connectivity index (χ4n) is 2.01. The Labute approximate surface area is 133 Å². The molecular formula is C6H15O15P3. The van der Waals surface area contributed by atoms with Crippen molar-refractivity contribution >= 4 is 23.5 Å². The van der Waals surface area contributed by atoms with Crippen LogP contribution in [0.5, 0.6) is 0 Å². The average molecular weight is 420 g/mol. The van der Waals surface area contributed by atoms with Gasteiger partial charge in [-0.15, -0.1) is 0 Å². The molecule has 0 radical (unpaired) electrons. The number of aliphatic hydroxyl groups is 3. The van der Waals surface area contributed by atoms with E-state index in [1.165, 1.54) is 0 Å². The quantitative estimate of drug-likeness (QED) is 0.189. The molecule has 1 aliphatic carbocycles. The van der Waals surface area contributed by atoms with E-state index in [9.17, 15) is 29.0 Å². The zero-order valence-corrected chi connectivity index (χ0v) is 14.0.